The third-order valence-corrected chi connectivity index (χ3v) is 4.05. The first-order valence-corrected chi connectivity index (χ1v) is 6.16. The Hall–Kier alpha value is -0.830. The van der Waals surface area contributed by atoms with Crippen LogP contribution in [0.4, 0.5) is 0 Å². The summed E-state index contributed by atoms with van der Waals surface area (Å²) in [5, 5.41) is 3.66. The smallest absolute Gasteiger partial charge is 0.109 e. The van der Waals surface area contributed by atoms with Crippen molar-refractivity contribution >= 4 is 0 Å². The molecule has 0 spiro atoms. The fraction of sp³-hybridized carbons (Fsp3) is 0.750. The largest absolute Gasteiger partial charge is 0.348 e. The molecule has 2 heterocycles. The lowest BCUT2D eigenvalue weighted by Crippen LogP contribution is -2.44. The molecule has 0 aromatic carbocycles. The number of H-pyrrole nitrogens is 1. The Labute approximate surface area is 90.7 Å². The first kappa shape index (κ1) is 9.40. The standard InChI is InChI=1S/C12H19N3/c1-2-9-8-10(12-14-6-7-15-12)3-4-11(9)13-5-1/h6-7,9-11,13H,1-5,8H2,(H,14,15). The van der Waals surface area contributed by atoms with Crippen molar-refractivity contribution in [3.63, 3.8) is 0 Å². The topological polar surface area (TPSA) is 40.7 Å². The first-order valence-electron chi connectivity index (χ1n) is 6.16. The molecule has 1 aromatic heterocycles. The number of nitrogens with one attached hydrogen (secondary N) is 2. The molecule has 0 amide bonds. The SMILES string of the molecule is c1c[nH]c(C2CCC3NCCCC3C2)n1. The van der Waals surface area contributed by atoms with Gasteiger partial charge in [0.25, 0.3) is 0 Å². The average molecular weight is 205 g/mol. The molecular formula is C12H19N3. The minimum absolute atomic E-state index is 0.682. The Morgan fingerprint density at radius 1 is 1.27 bits per heavy atom. The van der Waals surface area contributed by atoms with Gasteiger partial charge in [-0.05, 0) is 44.6 Å². The van der Waals surface area contributed by atoms with Crippen molar-refractivity contribution in [2.45, 2.75) is 44.1 Å². The van der Waals surface area contributed by atoms with E-state index in [1.54, 1.807) is 0 Å². The van der Waals surface area contributed by atoms with Crippen molar-refractivity contribution in [1.29, 1.82) is 0 Å². The summed E-state index contributed by atoms with van der Waals surface area (Å²) in [4.78, 5) is 7.67. The highest BCUT2D eigenvalue weighted by molar-refractivity contribution is 5.02. The molecular weight excluding hydrogens is 186 g/mol. The third-order valence-electron chi connectivity index (χ3n) is 4.05. The number of hydrogen-bond acceptors (Lipinski definition) is 2. The van der Waals surface area contributed by atoms with Crippen molar-refractivity contribution in [2.75, 3.05) is 6.54 Å². The number of aromatic amines is 1. The normalized spacial score (nSPS) is 36.1. The Kier molecular flexibility index (Phi) is 2.49. The van der Waals surface area contributed by atoms with Gasteiger partial charge in [-0.3, -0.25) is 0 Å². The lowest BCUT2D eigenvalue weighted by atomic mass is 9.74. The quantitative estimate of drug-likeness (QED) is 0.736. The Balaban J connectivity index is 1.70. The van der Waals surface area contributed by atoms with Crippen molar-refractivity contribution in [3.05, 3.63) is 18.2 Å². The molecule has 3 nitrogen and oxygen atoms in total. The zero-order valence-electron chi connectivity index (χ0n) is 9.08. The van der Waals surface area contributed by atoms with E-state index in [9.17, 15) is 0 Å². The van der Waals surface area contributed by atoms with E-state index in [1.807, 2.05) is 12.4 Å². The van der Waals surface area contributed by atoms with Gasteiger partial charge in [-0.1, -0.05) is 0 Å². The Morgan fingerprint density at radius 2 is 2.27 bits per heavy atom. The minimum atomic E-state index is 0.682. The van der Waals surface area contributed by atoms with Gasteiger partial charge in [0, 0.05) is 24.4 Å². The van der Waals surface area contributed by atoms with Gasteiger partial charge in [0.1, 0.15) is 5.82 Å². The van der Waals surface area contributed by atoms with Crippen molar-refractivity contribution < 1.29 is 0 Å². The summed E-state index contributed by atoms with van der Waals surface area (Å²) in [5.74, 6) is 2.78. The molecule has 0 bridgehead atoms. The molecule has 2 N–H and O–H groups in total. The lowest BCUT2D eigenvalue weighted by molar-refractivity contribution is 0.191. The van der Waals surface area contributed by atoms with E-state index in [0.29, 0.717) is 5.92 Å². The second kappa shape index (κ2) is 3.97. The Morgan fingerprint density at radius 3 is 3.13 bits per heavy atom. The first-order chi connectivity index (χ1) is 7.43. The van der Waals surface area contributed by atoms with Gasteiger partial charge in [-0.2, -0.15) is 0 Å². The van der Waals surface area contributed by atoms with Gasteiger partial charge in [0.2, 0.25) is 0 Å². The van der Waals surface area contributed by atoms with Gasteiger partial charge >= 0.3 is 0 Å². The molecule has 1 saturated carbocycles. The van der Waals surface area contributed by atoms with E-state index in [-0.39, 0.29) is 0 Å². The summed E-state index contributed by atoms with van der Waals surface area (Å²) in [6, 6.07) is 0.796. The maximum absolute atomic E-state index is 4.40. The zero-order chi connectivity index (χ0) is 10.1. The molecule has 15 heavy (non-hydrogen) atoms. The van der Waals surface area contributed by atoms with Crippen LogP contribution in [-0.4, -0.2) is 22.6 Å². The summed E-state index contributed by atoms with van der Waals surface area (Å²) >= 11 is 0. The van der Waals surface area contributed by atoms with E-state index in [1.165, 1.54) is 44.5 Å². The summed E-state index contributed by atoms with van der Waals surface area (Å²) in [6.07, 6.45) is 10.5. The molecule has 3 rings (SSSR count). The van der Waals surface area contributed by atoms with E-state index in [0.717, 1.165) is 12.0 Å². The van der Waals surface area contributed by atoms with Crippen molar-refractivity contribution in [2.24, 2.45) is 5.92 Å². The predicted octanol–water partition coefficient (Wildman–Crippen LogP) is 2.05. The maximum Gasteiger partial charge on any atom is 0.109 e. The number of rotatable bonds is 1. The number of piperidine rings is 1. The highest BCUT2D eigenvalue weighted by atomic mass is 14.9. The van der Waals surface area contributed by atoms with Gasteiger partial charge in [-0.25, -0.2) is 4.98 Å². The van der Waals surface area contributed by atoms with Crippen LogP contribution in [0, 0.1) is 5.92 Å². The molecule has 82 valence electrons. The van der Waals surface area contributed by atoms with Gasteiger partial charge in [0.15, 0.2) is 0 Å². The highest BCUT2D eigenvalue weighted by Crippen LogP contribution is 2.38. The molecule has 2 aliphatic rings. The number of nitrogens with zero attached hydrogens (tertiary/aromatic N) is 1. The maximum atomic E-state index is 4.40. The second-order valence-corrected chi connectivity index (χ2v) is 4.95. The monoisotopic (exact) mass is 205 g/mol. The zero-order valence-corrected chi connectivity index (χ0v) is 9.08. The van der Waals surface area contributed by atoms with Crippen LogP contribution in [0.1, 0.15) is 43.8 Å². The van der Waals surface area contributed by atoms with E-state index in [4.69, 9.17) is 0 Å². The second-order valence-electron chi connectivity index (χ2n) is 4.95. The molecule has 2 fully saturated rings. The summed E-state index contributed by atoms with van der Waals surface area (Å²) in [6.45, 7) is 1.23. The molecule has 3 atom stereocenters. The molecule has 1 saturated heterocycles. The van der Waals surface area contributed by atoms with Gasteiger partial charge in [-0.15, -0.1) is 0 Å². The fourth-order valence-corrected chi connectivity index (χ4v) is 3.25. The highest BCUT2D eigenvalue weighted by Gasteiger charge is 2.33. The predicted molar refractivity (Wildman–Crippen MR) is 59.7 cm³/mol. The minimum Gasteiger partial charge on any atom is -0.348 e. The molecule has 1 aliphatic heterocycles. The molecule has 1 aromatic rings. The fourth-order valence-electron chi connectivity index (χ4n) is 3.25. The van der Waals surface area contributed by atoms with Crippen LogP contribution >= 0.6 is 0 Å². The van der Waals surface area contributed by atoms with Crippen LogP contribution < -0.4 is 5.32 Å². The average Bonchev–Trinajstić information content (AvgIpc) is 2.82. The third kappa shape index (κ3) is 1.81. The van der Waals surface area contributed by atoms with Gasteiger partial charge in [0.05, 0.1) is 0 Å². The van der Waals surface area contributed by atoms with Crippen molar-refractivity contribution in [3.8, 4) is 0 Å². The molecule has 0 radical (unpaired) electrons. The van der Waals surface area contributed by atoms with E-state index in [2.05, 4.69) is 15.3 Å². The number of imidazole rings is 1. The summed E-state index contributed by atoms with van der Waals surface area (Å²) < 4.78 is 0. The van der Waals surface area contributed by atoms with Crippen molar-refractivity contribution in [1.82, 2.24) is 15.3 Å². The van der Waals surface area contributed by atoms with Crippen LogP contribution in [0.5, 0.6) is 0 Å². The van der Waals surface area contributed by atoms with Crippen LogP contribution in [0.15, 0.2) is 12.4 Å². The van der Waals surface area contributed by atoms with E-state index < -0.39 is 0 Å². The van der Waals surface area contributed by atoms with Crippen LogP contribution in [0.3, 0.4) is 0 Å². The molecule has 1 aliphatic carbocycles. The lowest BCUT2D eigenvalue weighted by Gasteiger charge is -2.39. The number of fused-ring (bicyclic) bond motifs is 1. The number of hydrogen-bond donors (Lipinski definition) is 2. The summed E-state index contributed by atoms with van der Waals surface area (Å²) in [5.41, 5.74) is 0. The van der Waals surface area contributed by atoms with Crippen LogP contribution in [-0.2, 0) is 0 Å². The van der Waals surface area contributed by atoms with Crippen LogP contribution in [0.2, 0.25) is 0 Å². The van der Waals surface area contributed by atoms with Crippen LogP contribution in [0.25, 0.3) is 0 Å². The van der Waals surface area contributed by atoms with E-state index >= 15 is 0 Å². The molecule has 3 unspecified atom stereocenters. The molecule has 3 heteroatoms. The van der Waals surface area contributed by atoms with Gasteiger partial charge < -0.3 is 10.3 Å². The summed E-state index contributed by atoms with van der Waals surface area (Å²) in [7, 11) is 0. The Bertz CT molecular complexity index is 307. The number of aromatic nitrogens is 2.